The van der Waals surface area contributed by atoms with Gasteiger partial charge in [0.1, 0.15) is 5.75 Å². The number of nitrogens with two attached hydrogens (primary N) is 1. The Bertz CT molecular complexity index is 378. The summed E-state index contributed by atoms with van der Waals surface area (Å²) in [7, 11) is 0. The average Bonchev–Trinajstić information content (AvgIpc) is 2.19. The highest BCUT2D eigenvalue weighted by molar-refractivity contribution is 6.01. The molecule has 0 unspecified atom stereocenters. The summed E-state index contributed by atoms with van der Waals surface area (Å²) in [5, 5.41) is 3.46. The molecule has 2 N–H and O–H groups in total. The Labute approximate surface area is 86.5 Å². The fraction of sp³-hybridized carbons (Fsp3) is 0.300. The molecule has 15 heavy (non-hydrogen) atoms. The van der Waals surface area contributed by atoms with E-state index in [4.69, 9.17) is 5.84 Å². The van der Waals surface area contributed by atoms with E-state index in [9.17, 15) is 8.78 Å². The Morgan fingerprint density at radius 3 is 2.67 bits per heavy atom. The van der Waals surface area contributed by atoms with Gasteiger partial charge < -0.3 is 10.6 Å². The van der Waals surface area contributed by atoms with Gasteiger partial charge in [-0.2, -0.15) is 13.9 Å². The van der Waals surface area contributed by atoms with Crippen LogP contribution in [-0.4, -0.2) is 12.3 Å². The summed E-state index contributed by atoms with van der Waals surface area (Å²) in [6.07, 6.45) is 0. The van der Waals surface area contributed by atoms with Crippen molar-refractivity contribution in [3.05, 3.63) is 29.3 Å². The molecule has 1 rings (SSSR count). The van der Waals surface area contributed by atoms with E-state index in [2.05, 4.69) is 9.84 Å². The molecule has 0 amide bonds. The summed E-state index contributed by atoms with van der Waals surface area (Å²) in [6.45, 7) is 0.629. The molecular weight excluding hydrogens is 202 g/mol. The van der Waals surface area contributed by atoms with E-state index in [0.29, 0.717) is 11.3 Å². The summed E-state index contributed by atoms with van der Waals surface area (Å²) in [5.41, 5.74) is 1.86. The fourth-order valence-corrected chi connectivity index (χ4v) is 1.19. The third-order valence-corrected chi connectivity index (χ3v) is 1.93. The van der Waals surface area contributed by atoms with E-state index < -0.39 is 6.61 Å². The molecule has 0 saturated heterocycles. The Kier molecular flexibility index (Phi) is 3.60. The van der Waals surface area contributed by atoms with Gasteiger partial charge in [0, 0.05) is 5.56 Å². The lowest BCUT2D eigenvalue weighted by Crippen LogP contribution is -2.08. The number of benzene rings is 1. The molecule has 0 heterocycles. The molecule has 0 aliphatic carbocycles. The van der Waals surface area contributed by atoms with Gasteiger partial charge in [0.05, 0.1) is 5.71 Å². The lowest BCUT2D eigenvalue weighted by Gasteiger charge is -2.10. The van der Waals surface area contributed by atoms with Crippen LogP contribution in [0.2, 0.25) is 0 Å². The molecule has 0 saturated carbocycles. The zero-order valence-electron chi connectivity index (χ0n) is 8.50. The van der Waals surface area contributed by atoms with Crippen LogP contribution in [0.1, 0.15) is 18.1 Å². The number of nitrogens with zero attached hydrogens (tertiary/aromatic N) is 1. The minimum atomic E-state index is -2.85. The normalized spacial score (nSPS) is 11.9. The summed E-state index contributed by atoms with van der Waals surface area (Å²) >= 11 is 0. The van der Waals surface area contributed by atoms with Crippen LogP contribution < -0.4 is 10.6 Å². The van der Waals surface area contributed by atoms with E-state index >= 15 is 0 Å². The molecule has 0 radical (unpaired) electrons. The molecule has 82 valence electrons. The highest BCUT2D eigenvalue weighted by atomic mass is 19.3. The molecule has 0 bridgehead atoms. The van der Waals surface area contributed by atoms with Crippen molar-refractivity contribution in [3.63, 3.8) is 0 Å². The Morgan fingerprint density at radius 1 is 1.47 bits per heavy atom. The van der Waals surface area contributed by atoms with Gasteiger partial charge in [-0.1, -0.05) is 11.6 Å². The van der Waals surface area contributed by atoms with Crippen molar-refractivity contribution in [2.75, 3.05) is 0 Å². The van der Waals surface area contributed by atoms with Crippen LogP contribution in [0.15, 0.2) is 23.3 Å². The lowest BCUT2D eigenvalue weighted by molar-refractivity contribution is -0.0499. The summed E-state index contributed by atoms with van der Waals surface area (Å²) < 4.78 is 28.5. The second-order valence-electron chi connectivity index (χ2n) is 3.09. The summed E-state index contributed by atoms with van der Waals surface area (Å²) in [6, 6.07) is 4.86. The molecule has 0 aromatic heterocycles. The maximum atomic E-state index is 12.1. The zero-order valence-corrected chi connectivity index (χ0v) is 8.50. The number of aryl methyl sites for hydroxylation is 1. The third-order valence-electron chi connectivity index (χ3n) is 1.93. The van der Waals surface area contributed by atoms with E-state index in [1.807, 2.05) is 6.92 Å². The second kappa shape index (κ2) is 4.72. The maximum absolute atomic E-state index is 12.1. The number of hydrogen-bond acceptors (Lipinski definition) is 3. The molecule has 1 aromatic rings. The van der Waals surface area contributed by atoms with Gasteiger partial charge in [-0.3, -0.25) is 0 Å². The number of hydrogen-bond donors (Lipinski definition) is 1. The molecule has 0 atom stereocenters. The van der Waals surface area contributed by atoms with Gasteiger partial charge in [0.2, 0.25) is 0 Å². The predicted octanol–water partition coefficient (Wildman–Crippen LogP) is 2.28. The van der Waals surface area contributed by atoms with Gasteiger partial charge in [-0.15, -0.1) is 0 Å². The number of rotatable bonds is 3. The molecular formula is C10H12F2N2O. The number of hydrazone groups is 1. The van der Waals surface area contributed by atoms with Crippen LogP contribution in [-0.2, 0) is 0 Å². The van der Waals surface area contributed by atoms with Gasteiger partial charge in [0.25, 0.3) is 0 Å². The SMILES string of the molecule is C/C(=N/N)c1cc(C)ccc1OC(F)F. The van der Waals surface area contributed by atoms with Crippen molar-refractivity contribution >= 4 is 5.71 Å². The lowest BCUT2D eigenvalue weighted by atomic mass is 10.1. The first-order valence-corrected chi connectivity index (χ1v) is 4.35. The largest absolute Gasteiger partial charge is 0.434 e. The Hall–Kier alpha value is -1.65. The van der Waals surface area contributed by atoms with E-state index in [-0.39, 0.29) is 5.75 Å². The van der Waals surface area contributed by atoms with E-state index in [1.54, 1.807) is 19.1 Å². The fourth-order valence-electron chi connectivity index (χ4n) is 1.19. The standard InChI is InChI=1S/C10H12F2N2O/c1-6-3-4-9(15-10(11)12)8(5-6)7(2)14-13/h3-5,10H,13H2,1-2H3/b14-7-. The van der Waals surface area contributed by atoms with Gasteiger partial charge in [-0.05, 0) is 26.0 Å². The van der Waals surface area contributed by atoms with Crippen molar-refractivity contribution in [1.29, 1.82) is 0 Å². The molecule has 0 aliphatic rings. The van der Waals surface area contributed by atoms with Gasteiger partial charge >= 0.3 is 6.61 Å². The van der Waals surface area contributed by atoms with Crippen LogP contribution in [0.25, 0.3) is 0 Å². The van der Waals surface area contributed by atoms with Crippen LogP contribution in [0.5, 0.6) is 5.75 Å². The van der Waals surface area contributed by atoms with Crippen molar-refractivity contribution < 1.29 is 13.5 Å². The minimum absolute atomic E-state index is 0.0855. The minimum Gasteiger partial charge on any atom is -0.434 e. The molecule has 1 aromatic carbocycles. The molecule has 3 nitrogen and oxygen atoms in total. The highest BCUT2D eigenvalue weighted by Gasteiger charge is 2.11. The first-order chi connectivity index (χ1) is 7.04. The topological polar surface area (TPSA) is 47.6 Å². The Morgan fingerprint density at radius 2 is 2.13 bits per heavy atom. The third kappa shape index (κ3) is 2.90. The van der Waals surface area contributed by atoms with Crippen molar-refractivity contribution in [2.24, 2.45) is 10.9 Å². The van der Waals surface area contributed by atoms with Crippen molar-refractivity contribution in [2.45, 2.75) is 20.5 Å². The van der Waals surface area contributed by atoms with E-state index in [0.717, 1.165) is 5.56 Å². The summed E-state index contributed by atoms with van der Waals surface area (Å²) in [5.74, 6) is 5.18. The number of alkyl halides is 2. The second-order valence-corrected chi connectivity index (χ2v) is 3.09. The van der Waals surface area contributed by atoms with E-state index in [1.165, 1.54) is 6.07 Å². The first kappa shape index (κ1) is 11.4. The van der Waals surface area contributed by atoms with Crippen molar-refractivity contribution in [1.82, 2.24) is 0 Å². The summed E-state index contributed by atoms with van der Waals surface area (Å²) in [4.78, 5) is 0. The first-order valence-electron chi connectivity index (χ1n) is 4.35. The smallest absolute Gasteiger partial charge is 0.387 e. The monoisotopic (exact) mass is 214 g/mol. The predicted molar refractivity (Wildman–Crippen MR) is 54.2 cm³/mol. The van der Waals surface area contributed by atoms with Crippen LogP contribution >= 0.6 is 0 Å². The van der Waals surface area contributed by atoms with Crippen LogP contribution in [0, 0.1) is 6.92 Å². The molecule has 0 aliphatic heterocycles. The number of halogens is 2. The van der Waals surface area contributed by atoms with Crippen molar-refractivity contribution in [3.8, 4) is 5.75 Å². The quantitative estimate of drug-likeness (QED) is 0.476. The van der Waals surface area contributed by atoms with Crippen LogP contribution in [0.3, 0.4) is 0 Å². The van der Waals surface area contributed by atoms with Gasteiger partial charge in [0.15, 0.2) is 0 Å². The molecule has 5 heteroatoms. The average molecular weight is 214 g/mol. The molecule has 0 fully saturated rings. The molecule has 0 spiro atoms. The van der Waals surface area contributed by atoms with Crippen LogP contribution in [0.4, 0.5) is 8.78 Å². The zero-order chi connectivity index (χ0) is 11.4. The Balaban J connectivity index is 3.14. The van der Waals surface area contributed by atoms with Gasteiger partial charge in [-0.25, -0.2) is 0 Å². The highest BCUT2D eigenvalue weighted by Crippen LogP contribution is 2.22. The maximum Gasteiger partial charge on any atom is 0.387 e. The number of ether oxygens (including phenoxy) is 1.